The highest BCUT2D eigenvalue weighted by atomic mass is 16.5. The molecule has 4 nitrogen and oxygen atoms in total. The number of pyridine rings is 1. The summed E-state index contributed by atoms with van der Waals surface area (Å²) < 4.78 is 6.67. The third-order valence-corrected chi connectivity index (χ3v) is 2.66. The Balaban J connectivity index is 2.57. The Morgan fingerprint density at radius 2 is 2.29 bits per heavy atom. The van der Waals surface area contributed by atoms with Crippen LogP contribution in [0.25, 0.3) is 0 Å². The van der Waals surface area contributed by atoms with Gasteiger partial charge >= 0.3 is 0 Å². The van der Waals surface area contributed by atoms with Crippen molar-refractivity contribution in [2.45, 2.75) is 32.9 Å². The molecule has 0 aliphatic carbocycles. The van der Waals surface area contributed by atoms with Crippen molar-refractivity contribution < 1.29 is 4.74 Å². The van der Waals surface area contributed by atoms with Crippen LogP contribution in [0.15, 0.2) is 23.1 Å². The second kappa shape index (κ2) is 8.03. The average molecular weight is 238 g/mol. The summed E-state index contributed by atoms with van der Waals surface area (Å²) in [6.07, 6.45) is 4.11. The van der Waals surface area contributed by atoms with Crippen LogP contribution in [-0.2, 0) is 17.8 Å². The van der Waals surface area contributed by atoms with Crippen molar-refractivity contribution in [2.24, 2.45) is 0 Å². The van der Waals surface area contributed by atoms with E-state index in [1.807, 2.05) is 12.1 Å². The number of nitrogens with one attached hydrogen (secondary N) is 1. The largest absolute Gasteiger partial charge is 0.383 e. The van der Waals surface area contributed by atoms with Crippen molar-refractivity contribution in [1.82, 2.24) is 9.88 Å². The molecule has 0 saturated carbocycles. The zero-order valence-corrected chi connectivity index (χ0v) is 10.7. The van der Waals surface area contributed by atoms with Gasteiger partial charge in [-0.25, -0.2) is 0 Å². The molecule has 0 amide bonds. The van der Waals surface area contributed by atoms with Crippen molar-refractivity contribution in [3.8, 4) is 0 Å². The van der Waals surface area contributed by atoms with Crippen LogP contribution in [0.1, 0.15) is 25.3 Å². The summed E-state index contributed by atoms with van der Waals surface area (Å²) in [7, 11) is 1.64. The summed E-state index contributed by atoms with van der Waals surface area (Å²) in [5.41, 5.74) is 0.897. The number of ether oxygens (including phenoxy) is 1. The number of hydrogen-bond acceptors (Lipinski definition) is 3. The van der Waals surface area contributed by atoms with Crippen LogP contribution in [0.5, 0.6) is 0 Å². The Hall–Kier alpha value is -1.13. The van der Waals surface area contributed by atoms with Crippen LogP contribution >= 0.6 is 0 Å². The van der Waals surface area contributed by atoms with Gasteiger partial charge < -0.3 is 14.6 Å². The third-order valence-electron chi connectivity index (χ3n) is 2.66. The van der Waals surface area contributed by atoms with Gasteiger partial charge in [-0.2, -0.15) is 0 Å². The molecule has 0 aliphatic rings. The first-order chi connectivity index (χ1) is 8.29. The van der Waals surface area contributed by atoms with Gasteiger partial charge in [0.05, 0.1) is 6.61 Å². The lowest BCUT2D eigenvalue weighted by Crippen LogP contribution is -2.28. The highest BCUT2D eigenvalue weighted by Crippen LogP contribution is 1.93. The molecule has 17 heavy (non-hydrogen) atoms. The molecule has 0 atom stereocenters. The van der Waals surface area contributed by atoms with E-state index in [4.69, 9.17) is 4.74 Å². The lowest BCUT2D eigenvalue weighted by molar-refractivity contribution is 0.186. The first-order valence-electron chi connectivity index (χ1n) is 6.17. The summed E-state index contributed by atoms with van der Waals surface area (Å²) in [5.74, 6) is 0. The Morgan fingerprint density at radius 1 is 1.47 bits per heavy atom. The van der Waals surface area contributed by atoms with Gasteiger partial charge in [-0.1, -0.05) is 19.4 Å². The van der Waals surface area contributed by atoms with Gasteiger partial charge in [-0.3, -0.25) is 4.79 Å². The van der Waals surface area contributed by atoms with E-state index in [0.29, 0.717) is 19.7 Å². The van der Waals surface area contributed by atoms with E-state index < -0.39 is 0 Å². The van der Waals surface area contributed by atoms with Crippen LogP contribution in [0.2, 0.25) is 0 Å². The molecular formula is C13H22N2O2. The average Bonchev–Trinajstić information content (AvgIpc) is 2.35. The van der Waals surface area contributed by atoms with Gasteiger partial charge in [-0.15, -0.1) is 0 Å². The van der Waals surface area contributed by atoms with E-state index in [2.05, 4.69) is 12.2 Å². The Morgan fingerprint density at radius 3 is 3.00 bits per heavy atom. The van der Waals surface area contributed by atoms with E-state index in [1.165, 1.54) is 6.42 Å². The molecule has 1 aromatic heterocycles. The minimum Gasteiger partial charge on any atom is -0.383 e. The summed E-state index contributed by atoms with van der Waals surface area (Å²) in [4.78, 5) is 12.0. The summed E-state index contributed by atoms with van der Waals surface area (Å²) in [6.45, 7) is 4.93. The fourth-order valence-corrected chi connectivity index (χ4v) is 1.61. The molecule has 1 rings (SSSR count). The third kappa shape index (κ3) is 4.71. The quantitative estimate of drug-likeness (QED) is 0.696. The fourth-order valence-electron chi connectivity index (χ4n) is 1.61. The molecule has 0 fully saturated rings. The Labute approximate surface area is 103 Å². The highest BCUT2D eigenvalue weighted by molar-refractivity contribution is 5.10. The highest BCUT2D eigenvalue weighted by Gasteiger charge is 2.02. The minimum absolute atomic E-state index is 0.0774. The number of hydrogen-bond donors (Lipinski definition) is 1. The molecule has 96 valence electrons. The molecule has 0 aliphatic heterocycles. The zero-order chi connectivity index (χ0) is 12.5. The van der Waals surface area contributed by atoms with Crippen LogP contribution < -0.4 is 10.9 Å². The summed E-state index contributed by atoms with van der Waals surface area (Å²) >= 11 is 0. The molecule has 0 aromatic carbocycles. The number of nitrogens with zero attached hydrogens (tertiary/aromatic N) is 1. The summed E-state index contributed by atoms with van der Waals surface area (Å²) in [5, 5.41) is 3.28. The monoisotopic (exact) mass is 238 g/mol. The fraction of sp³-hybridized carbons (Fsp3) is 0.615. The molecule has 0 spiro atoms. The first kappa shape index (κ1) is 13.9. The van der Waals surface area contributed by atoms with Gasteiger partial charge in [0, 0.05) is 32.0 Å². The standard InChI is InChI=1S/C13H22N2O2/c1-3-4-7-14-11-12-6-5-8-15(13(12)16)9-10-17-2/h5-6,8,14H,3-4,7,9-11H2,1-2H3. The maximum atomic E-state index is 12.0. The molecule has 0 unspecified atom stereocenters. The Kier molecular flexibility index (Phi) is 6.58. The zero-order valence-electron chi connectivity index (χ0n) is 10.7. The topological polar surface area (TPSA) is 43.3 Å². The van der Waals surface area contributed by atoms with Gasteiger partial charge in [0.2, 0.25) is 0 Å². The number of aromatic nitrogens is 1. The summed E-state index contributed by atoms with van der Waals surface area (Å²) in [6, 6.07) is 3.79. The van der Waals surface area contributed by atoms with Crippen molar-refractivity contribution in [2.75, 3.05) is 20.3 Å². The van der Waals surface area contributed by atoms with Crippen LogP contribution in [0, 0.1) is 0 Å². The molecule has 0 bridgehead atoms. The first-order valence-corrected chi connectivity index (χ1v) is 6.17. The molecule has 1 heterocycles. The van der Waals surface area contributed by atoms with Gasteiger partial charge in [-0.05, 0) is 19.0 Å². The molecule has 0 radical (unpaired) electrons. The Bertz CT molecular complexity index is 374. The second-order valence-electron chi connectivity index (χ2n) is 4.06. The van der Waals surface area contributed by atoms with Gasteiger partial charge in [0.1, 0.15) is 0 Å². The number of methoxy groups -OCH3 is 1. The second-order valence-corrected chi connectivity index (χ2v) is 4.06. The SMILES string of the molecule is CCCCNCc1cccn(CCOC)c1=O. The number of unbranched alkanes of at least 4 members (excludes halogenated alkanes) is 1. The van der Waals surface area contributed by atoms with Crippen LogP contribution in [0.4, 0.5) is 0 Å². The van der Waals surface area contributed by atoms with E-state index in [1.54, 1.807) is 17.9 Å². The lowest BCUT2D eigenvalue weighted by atomic mass is 10.2. The maximum Gasteiger partial charge on any atom is 0.255 e. The number of rotatable bonds is 8. The van der Waals surface area contributed by atoms with Crippen molar-refractivity contribution in [3.63, 3.8) is 0 Å². The molecular weight excluding hydrogens is 216 g/mol. The van der Waals surface area contributed by atoms with E-state index in [-0.39, 0.29) is 5.56 Å². The van der Waals surface area contributed by atoms with Crippen molar-refractivity contribution in [1.29, 1.82) is 0 Å². The van der Waals surface area contributed by atoms with Crippen LogP contribution in [0.3, 0.4) is 0 Å². The minimum atomic E-state index is 0.0774. The van der Waals surface area contributed by atoms with Crippen LogP contribution in [-0.4, -0.2) is 24.8 Å². The van der Waals surface area contributed by atoms with E-state index in [9.17, 15) is 4.79 Å². The smallest absolute Gasteiger partial charge is 0.255 e. The normalized spacial score (nSPS) is 10.7. The van der Waals surface area contributed by atoms with Crippen molar-refractivity contribution >= 4 is 0 Å². The molecule has 0 saturated heterocycles. The molecule has 1 aromatic rings. The molecule has 1 N–H and O–H groups in total. The van der Waals surface area contributed by atoms with E-state index >= 15 is 0 Å². The maximum absolute atomic E-state index is 12.0. The lowest BCUT2D eigenvalue weighted by Gasteiger charge is -2.08. The van der Waals surface area contributed by atoms with Crippen molar-refractivity contribution in [3.05, 3.63) is 34.2 Å². The predicted molar refractivity (Wildman–Crippen MR) is 69.2 cm³/mol. The predicted octanol–water partition coefficient (Wildman–Crippen LogP) is 1.38. The van der Waals surface area contributed by atoms with E-state index in [0.717, 1.165) is 18.5 Å². The molecule has 4 heteroatoms. The van der Waals surface area contributed by atoms with Gasteiger partial charge in [0.25, 0.3) is 5.56 Å². The van der Waals surface area contributed by atoms with Gasteiger partial charge in [0.15, 0.2) is 0 Å².